The third kappa shape index (κ3) is 1.37. The Hall–Kier alpha value is -1.35. The quantitative estimate of drug-likeness (QED) is 0.765. The maximum absolute atomic E-state index is 4.66. The van der Waals surface area contributed by atoms with E-state index in [9.17, 15) is 0 Å². The molecular formula is C15H19N3. The SMILES string of the molecule is Cc1nc2cc3c(cc2n1C)C1CNCC(C3)C1. The molecule has 2 aliphatic rings. The topological polar surface area (TPSA) is 29.9 Å². The summed E-state index contributed by atoms with van der Waals surface area (Å²) in [6, 6.07) is 4.72. The molecule has 1 N–H and O–H groups in total. The molecule has 0 radical (unpaired) electrons. The first-order valence-electron chi connectivity index (χ1n) is 6.89. The predicted octanol–water partition coefficient (Wildman–Crippen LogP) is 2.13. The summed E-state index contributed by atoms with van der Waals surface area (Å²) in [5.74, 6) is 2.65. The van der Waals surface area contributed by atoms with E-state index in [1.165, 1.54) is 30.4 Å². The molecule has 18 heavy (non-hydrogen) atoms. The number of aromatic nitrogens is 2. The van der Waals surface area contributed by atoms with Gasteiger partial charge >= 0.3 is 0 Å². The lowest BCUT2D eigenvalue weighted by Crippen LogP contribution is -2.39. The molecule has 1 aliphatic carbocycles. The minimum absolute atomic E-state index is 0.715. The molecule has 4 rings (SSSR count). The van der Waals surface area contributed by atoms with E-state index in [2.05, 4.69) is 41.0 Å². The average molecular weight is 241 g/mol. The van der Waals surface area contributed by atoms with Crippen molar-refractivity contribution in [2.24, 2.45) is 13.0 Å². The minimum Gasteiger partial charge on any atom is -0.331 e. The fourth-order valence-corrected chi connectivity index (χ4v) is 3.71. The van der Waals surface area contributed by atoms with Gasteiger partial charge in [0, 0.05) is 13.6 Å². The summed E-state index contributed by atoms with van der Waals surface area (Å²) in [5, 5.41) is 3.57. The highest BCUT2D eigenvalue weighted by molar-refractivity contribution is 5.78. The van der Waals surface area contributed by atoms with Gasteiger partial charge in [-0.2, -0.15) is 0 Å². The van der Waals surface area contributed by atoms with Gasteiger partial charge in [0.1, 0.15) is 5.82 Å². The molecule has 1 aromatic heterocycles. The number of nitrogens with one attached hydrogen (secondary N) is 1. The van der Waals surface area contributed by atoms with Crippen molar-refractivity contribution in [3.05, 3.63) is 29.1 Å². The first-order chi connectivity index (χ1) is 8.72. The predicted molar refractivity (Wildman–Crippen MR) is 72.9 cm³/mol. The van der Waals surface area contributed by atoms with Crippen molar-refractivity contribution in [3.8, 4) is 0 Å². The second-order valence-corrected chi connectivity index (χ2v) is 5.92. The van der Waals surface area contributed by atoms with Gasteiger partial charge in [-0.25, -0.2) is 4.98 Å². The number of fused-ring (bicyclic) bond motifs is 5. The fourth-order valence-electron chi connectivity index (χ4n) is 3.71. The molecule has 2 atom stereocenters. The van der Waals surface area contributed by atoms with E-state index in [4.69, 9.17) is 0 Å². The lowest BCUT2D eigenvalue weighted by molar-refractivity contribution is 0.318. The highest BCUT2D eigenvalue weighted by atomic mass is 15.0. The van der Waals surface area contributed by atoms with Gasteiger partial charge in [-0.15, -0.1) is 0 Å². The standard InChI is InChI=1S/C15H19N3/c1-9-17-14-5-11-3-10-4-12(8-16-7-10)13(11)6-15(14)18(9)2/h5-6,10,12,16H,3-4,7-8H2,1-2H3. The molecule has 1 aromatic carbocycles. The molecule has 1 fully saturated rings. The Morgan fingerprint density at radius 2 is 2.22 bits per heavy atom. The molecule has 1 aliphatic heterocycles. The van der Waals surface area contributed by atoms with Gasteiger partial charge in [0.25, 0.3) is 0 Å². The number of rotatable bonds is 0. The van der Waals surface area contributed by atoms with Gasteiger partial charge in [-0.3, -0.25) is 0 Å². The van der Waals surface area contributed by atoms with Crippen molar-refractivity contribution >= 4 is 11.0 Å². The number of imidazole rings is 1. The number of nitrogens with zero attached hydrogens (tertiary/aromatic N) is 2. The normalized spacial score (nSPS) is 26.3. The summed E-state index contributed by atoms with van der Waals surface area (Å²) < 4.78 is 2.21. The smallest absolute Gasteiger partial charge is 0.106 e. The van der Waals surface area contributed by atoms with Gasteiger partial charge in [-0.1, -0.05) is 0 Å². The number of piperidine rings is 1. The Labute approximate surface area is 107 Å². The van der Waals surface area contributed by atoms with Crippen LogP contribution in [0.5, 0.6) is 0 Å². The van der Waals surface area contributed by atoms with Crippen LogP contribution < -0.4 is 5.32 Å². The molecule has 2 heterocycles. The molecule has 94 valence electrons. The Morgan fingerprint density at radius 1 is 1.33 bits per heavy atom. The second-order valence-electron chi connectivity index (χ2n) is 5.92. The van der Waals surface area contributed by atoms with Crippen molar-refractivity contribution in [2.75, 3.05) is 13.1 Å². The summed E-state index contributed by atoms with van der Waals surface area (Å²) in [6.07, 6.45) is 2.59. The van der Waals surface area contributed by atoms with E-state index in [1.54, 1.807) is 11.1 Å². The van der Waals surface area contributed by atoms with Crippen LogP contribution in [0.2, 0.25) is 0 Å². The van der Waals surface area contributed by atoms with E-state index in [1.807, 2.05) is 0 Å². The third-order valence-corrected chi connectivity index (χ3v) is 4.76. The molecule has 0 saturated carbocycles. The Bertz CT molecular complexity index is 626. The minimum atomic E-state index is 0.715. The maximum Gasteiger partial charge on any atom is 0.106 e. The first kappa shape index (κ1) is 10.6. The van der Waals surface area contributed by atoms with Crippen molar-refractivity contribution in [3.63, 3.8) is 0 Å². The van der Waals surface area contributed by atoms with Crippen LogP contribution in [0.3, 0.4) is 0 Å². The molecule has 0 amide bonds. The van der Waals surface area contributed by atoms with E-state index in [0.717, 1.165) is 18.3 Å². The zero-order chi connectivity index (χ0) is 12.3. The van der Waals surface area contributed by atoms with Gasteiger partial charge in [-0.05, 0) is 61.4 Å². The van der Waals surface area contributed by atoms with Crippen molar-refractivity contribution in [2.45, 2.75) is 25.7 Å². The van der Waals surface area contributed by atoms with Crippen LogP contribution in [-0.4, -0.2) is 22.6 Å². The van der Waals surface area contributed by atoms with Crippen LogP contribution in [0.15, 0.2) is 12.1 Å². The fraction of sp³-hybridized carbons (Fsp3) is 0.533. The monoisotopic (exact) mass is 241 g/mol. The molecule has 3 heteroatoms. The Balaban J connectivity index is 1.95. The molecule has 0 spiro atoms. The Kier molecular flexibility index (Phi) is 2.10. The summed E-state index contributed by atoms with van der Waals surface area (Å²) >= 11 is 0. The number of hydrogen-bond acceptors (Lipinski definition) is 2. The van der Waals surface area contributed by atoms with Crippen LogP contribution in [0.25, 0.3) is 11.0 Å². The summed E-state index contributed by atoms with van der Waals surface area (Å²) in [6.45, 7) is 4.42. The van der Waals surface area contributed by atoms with Crippen LogP contribution in [0, 0.1) is 12.8 Å². The van der Waals surface area contributed by atoms with Crippen molar-refractivity contribution in [1.29, 1.82) is 0 Å². The lowest BCUT2D eigenvalue weighted by Gasteiger charge is -2.36. The largest absolute Gasteiger partial charge is 0.331 e. The number of aryl methyl sites for hydroxylation is 2. The van der Waals surface area contributed by atoms with Crippen LogP contribution in [0.4, 0.5) is 0 Å². The molecule has 2 unspecified atom stereocenters. The summed E-state index contributed by atoms with van der Waals surface area (Å²) in [4.78, 5) is 4.66. The average Bonchev–Trinajstić information content (AvgIpc) is 2.63. The van der Waals surface area contributed by atoms with Crippen LogP contribution in [0.1, 0.15) is 29.3 Å². The van der Waals surface area contributed by atoms with Gasteiger partial charge < -0.3 is 9.88 Å². The van der Waals surface area contributed by atoms with Gasteiger partial charge in [0.15, 0.2) is 0 Å². The number of benzene rings is 1. The third-order valence-electron chi connectivity index (χ3n) is 4.76. The highest BCUT2D eigenvalue weighted by Gasteiger charge is 2.30. The van der Waals surface area contributed by atoms with Crippen molar-refractivity contribution < 1.29 is 0 Å². The summed E-state index contributed by atoms with van der Waals surface area (Å²) in [7, 11) is 2.11. The molecule has 3 nitrogen and oxygen atoms in total. The van der Waals surface area contributed by atoms with Gasteiger partial charge in [0.2, 0.25) is 0 Å². The van der Waals surface area contributed by atoms with Crippen LogP contribution in [-0.2, 0) is 13.5 Å². The molecular weight excluding hydrogens is 222 g/mol. The molecule has 1 saturated heterocycles. The lowest BCUT2D eigenvalue weighted by atomic mass is 9.74. The zero-order valence-electron chi connectivity index (χ0n) is 11.0. The Morgan fingerprint density at radius 3 is 3.11 bits per heavy atom. The highest BCUT2D eigenvalue weighted by Crippen LogP contribution is 2.38. The van der Waals surface area contributed by atoms with E-state index >= 15 is 0 Å². The van der Waals surface area contributed by atoms with E-state index in [0.29, 0.717) is 5.92 Å². The van der Waals surface area contributed by atoms with E-state index in [-0.39, 0.29) is 0 Å². The van der Waals surface area contributed by atoms with Crippen molar-refractivity contribution in [1.82, 2.24) is 14.9 Å². The summed E-state index contributed by atoms with van der Waals surface area (Å²) in [5.41, 5.74) is 5.56. The van der Waals surface area contributed by atoms with Gasteiger partial charge in [0.05, 0.1) is 11.0 Å². The van der Waals surface area contributed by atoms with Crippen LogP contribution >= 0.6 is 0 Å². The first-order valence-corrected chi connectivity index (χ1v) is 6.89. The number of hydrogen-bond donors (Lipinski definition) is 1. The van der Waals surface area contributed by atoms with E-state index < -0.39 is 0 Å². The maximum atomic E-state index is 4.66. The zero-order valence-corrected chi connectivity index (χ0v) is 11.0. The second kappa shape index (κ2) is 3.58. The molecule has 2 bridgehead atoms. The molecule has 2 aromatic rings.